The molecule has 1 aromatic heterocycles. The highest BCUT2D eigenvalue weighted by Gasteiger charge is 2.29. The van der Waals surface area contributed by atoms with E-state index in [1.54, 1.807) is 0 Å². The predicted molar refractivity (Wildman–Crippen MR) is 72.6 cm³/mol. The Bertz CT molecular complexity index is 631. The van der Waals surface area contributed by atoms with Crippen LogP contribution in [0.15, 0.2) is 30.5 Å². The molecule has 2 aromatic rings. The van der Waals surface area contributed by atoms with Gasteiger partial charge in [-0.1, -0.05) is 11.6 Å². The highest BCUT2D eigenvalue weighted by atomic mass is 35.5. The van der Waals surface area contributed by atoms with Crippen LogP contribution in [0.25, 0.3) is 11.3 Å². The maximum absolute atomic E-state index is 11.1. The SMILES string of the molecule is NC(=O)C[n+]1cc(-c2ccc(Cl)cc2)n2c1CCC2. The second-order valence-corrected chi connectivity index (χ2v) is 5.22. The Morgan fingerprint density at radius 3 is 2.79 bits per heavy atom. The van der Waals surface area contributed by atoms with Gasteiger partial charge in [0.05, 0.1) is 13.0 Å². The van der Waals surface area contributed by atoms with Crippen LogP contribution in [0.2, 0.25) is 5.02 Å². The van der Waals surface area contributed by atoms with Gasteiger partial charge in [-0.15, -0.1) is 0 Å². The van der Waals surface area contributed by atoms with Crippen LogP contribution in [-0.2, 0) is 24.3 Å². The van der Waals surface area contributed by atoms with Crippen molar-refractivity contribution in [2.24, 2.45) is 5.73 Å². The lowest BCUT2D eigenvalue weighted by Gasteiger charge is -1.98. The summed E-state index contributed by atoms with van der Waals surface area (Å²) in [6, 6.07) is 7.75. The molecule has 19 heavy (non-hydrogen) atoms. The van der Waals surface area contributed by atoms with Gasteiger partial charge in [-0.3, -0.25) is 4.79 Å². The highest BCUT2D eigenvalue weighted by Crippen LogP contribution is 2.25. The number of imidazole rings is 1. The number of aromatic nitrogens is 2. The predicted octanol–water partition coefficient (Wildman–Crippen LogP) is 1.53. The summed E-state index contributed by atoms with van der Waals surface area (Å²) in [5.41, 5.74) is 7.52. The van der Waals surface area contributed by atoms with E-state index in [-0.39, 0.29) is 12.5 Å². The number of carbonyl (C=O) groups excluding carboxylic acids is 1. The summed E-state index contributed by atoms with van der Waals surface area (Å²) in [6.07, 6.45) is 4.10. The monoisotopic (exact) mass is 276 g/mol. The molecule has 3 rings (SSSR count). The summed E-state index contributed by atoms with van der Waals surface area (Å²) in [5.74, 6) is 0.858. The van der Waals surface area contributed by atoms with E-state index in [1.807, 2.05) is 35.0 Å². The lowest BCUT2D eigenvalue weighted by atomic mass is 10.2. The lowest BCUT2D eigenvalue weighted by Crippen LogP contribution is -2.42. The van der Waals surface area contributed by atoms with Gasteiger partial charge in [0.15, 0.2) is 12.2 Å². The number of fused-ring (bicyclic) bond motifs is 1. The number of hydrogen-bond acceptors (Lipinski definition) is 1. The van der Waals surface area contributed by atoms with Gasteiger partial charge in [-0.05, 0) is 30.7 Å². The summed E-state index contributed by atoms with van der Waals surface area (Å²) < 4.78 is 4.21. The van der Waals surface area contributed by atoms with Crippen molar-refractivity contribution in [2.45, 2.75) is 25.9 Å². The molecule has 0 fully saturated rings. The molecular formula is C14H15ClN3O+. The molecule has 98 valence electrons. The third-order valence-electron chi connectivity index (χ3n) is 3.46. The number of primary amides is 1. The number of rotatable bonds is 3. The fraction of sp³-hybridized carbons (Fsp3) is 0.286. The molecule has 1 aromatic carbocycles. The Morgan fingerprint density at radius 1 is 1.37 bits per heavy atom. The van der Waals surface area contributed by atoms with Crippen molar-refractivity contribution in [2.75, 3.05) is 0 Å². The molecule has 1 aliphatic heterocycles. The maximum Gasteiger partial charge on any atom is 0.259 e. The van der Waals surface area contributed by atoms with Crippen molar-refractivity contribution in [3.8, 4) is 11.3 Å². The number of nitrogens with two attached hydrogens (primary N) is 1. The van der Waals surface area contributed by atoms with Gasteiger partial charge < -0.3 is 5.73 Å². The third-order valence-corrected chi connectivity index (χ3v) is 3.71. The second kappa shape index (κ2) is 4.70. The fourth-order valence-electron chi connectivity index (χ4n) is 2.67. The van der Waals surface area contributed by atoms with Gasteiger partial charge in [0.1, 0.15) is 6.20 Å². The molecule has 0 spiro atoms. The molecule has 0 aliphatic carbocycles. The van der Waals surface area contributed by atoms with E-state index in [1.165, 1.54) is 5.82 Å². The summed E-state index contributed by atoms with van der Waals surface area (Å²) in [6.45, 7) is 1.22. The van der Waals surface area contributed by atoms with Crippen molar-refractivity contribution in [3.63, 3.8) is 0 Å². The van der Waals surface area contributed by atoms with E-state index >= 15 is 0 Å². The molecule has 5 heteroatoms. The van der Waals surface area contributed by atoms with Crippen LogP contribution in [0.4, 0.5) is 0 Å². The first kappa shape index (κ1) is 12.2. The van der Waals surface area contributed by atoms with Crippen LogP contribution in [-0.4, -0.2) is 10.5 Å². The summed E-state index contributed by atoms with van der Waals surface area (Å²) in [4.78, 5) is 11.1. The second-order valence-electron chi connectivity index (χ2n) is 4.79. The number of benzene rings is 1. The smallest absolute Gasteiger partial charge is 0.259 e. The normalized spacial score (nSPS) is 13.5. The van der Waals surface area contributed by atoms with E-state index in [0.29, 0.717) is 0 Å². The molecule has 0 saturated carbocycles. The Hall–Kier alpha value is -1.81. The molecule has 0 unspecified atom stereocenters. The van der Waals surface area contributed by atoms with Crippen molar-refractivity contribution in [1.82, 2.24) is 4.57 Å². The average Bonchev–Trinajstić information content (AvgIpc) is 2.94. The topological polar surface area (TPSA) is 51.9 Å². The van der Waals surface area contributed by atoms with Gasteiger partial charge in [-0.25, -0.2) is 9.13 Å². The number of amides is 1. The van der Waals surface area contributed by atoms with Crippen LogP contribution >= 0.6 is 11.6 Å². The molecule has 1 aliphatic rings. The van der Waals surface area contributed by atoms with Crippen LogP contribution in [0.3, 0.4) is 0 Å². The molecule has 0 saturated heterocycles. The number of halogens is 1. The Morgan fingerprint density at radius 2 is 2.11 bits per heavy atom. The van der Waals surface area contributed by atoms with Gasteiger partial charge >= 0.3 is 0 Å². The van der Waals surface area contributed by atoms with Gasteiger partial charge in [-0.2, -0.15) is 0 Å². The van der Waals surface area contributed by atoms with Crippen molar-refractivity contribution < 1.29 is 9.36 Å². The van der Waals surface area contributed by atoms with Crippen molar-refractivity contribution >= 4 is 17.5 Å². The number of nitrogens with zero attached hydrogens (tertiary/aromatic N) is 2. The van der Waals surface area contributed by atoms with Crippen LogP contribution in [0.1, 0.15) is 12.2 Å². The van der Waals surface area contributed by atoms with Crippen LogP contribution in [0, 0.1) is 0 Å². The zero-order valence-corrected chi connectivity index (χ0v) is 11.2. The van der Waals surface area contributed by atoms with E-state index in [9.17, 15) is 4.79 Å². The molecule has 0 radical (unpaired) electrons. The first-order valence-corrected chi connectivity index (χ1v) is 6.69. The minimum Gasteiger partial charge on any atom is -0.366 e. The molecule has 4 nitrogen and oxygen atoms in total. The zero-order valence-electron chi connectivity index (χ0n) is 10.5. The van der Waals surface area contributed by atoms with E-state index < -0.39 is 0 Å². The largest absolute Gasteiger partial charge is 0.366 e. The minimum atomic E-state index is -0.312. The molecule has 1 amide bonds. The Kier molecular flexibility index (Phi) is 3.03. The quantitative estimate of drug-likeness (QED) is 0.849. The molecule has 0 bridgehead atoms. The first-order valence-electron chi connectivity index (χ1n) is 6.31. The van der Waals surface area contributed by atoms with Gasteiger partial charge in [0, 0.05) is 10.6 Å². The highest BCUT2D eigenvalue weighted by molar-refractivity contribution is 6.30. The van der Waals surface area contributed by atoms with Crippen molar-refractivity contribution in [1.29, 1.82) is 0 Å². The minimum absolute atomic E-state index is 0.239. The molecule has 0 atom stereocenters. The Labute approximate surface area is 116 Å². The number of carbonyl (C=O) groups is 1. The summed E-state index contributed by atoms with van der Waals surface area (Å²) in [5, 5.41) is 0.724. The fourth-order valence-corrected chi connectivity index (χ4v) is 2.79. The van der Waals surface area contributed by atoms with Crippen LogP contribution < -0.4 is 10.3 Å². The molecule has 2 heterocycles. The molecular weight excluding hydrogens is 262 g/mol. The van der Waals surface area contributed by atoms with E-state index in [0.717, 1.165) is 35.7 Å². The third kappa shape index (κ3) is 2.24. The maximum atomic E-state index is 11.1. The van der Waals surface area contributed by atoms with Crippen molar-refractivity contribution in [3.05, 3.63) is 41.3 Å². The Balaban J connectivity index is 2.07. The van der Waals surface area contributed by atoms with E-state index in [4.69, 9.17) is 17.3 Å². The first-order chi connectivity index (χ1) is 9.15. The lowest BCUT2D eigenvalue weighted by molar-refractivity contribution is -0.690. The van der Waals surface area contributed by atoms with E-state index in [2.05, 4.69) is 4.57 Å². The summed E-state index contributed by atoms with van der Waals surface area (Å²) in [7, 11) is 0. The van der Waals surface area contributed by atoms with Crippen LogP contribution in [0.5, 0.6) is 0 Å². The molecule has 2 N–H and O–H groups in total. The summed E-state index contributed by atoms with van der Waals surface area (Å²) >= 11 is 5.92. The van der Waals surface area contributed by atoms with Gasteiger partial charge in [0.2, 0.25) is 0 Å². The van der Waals surface area contributed by atoms with Gasteiger partial charge in [0.25, 0.3) is 11.7 Å². The average molecular weight is 277 g/mol. The zero-order chi connectivity index (χ0) is 13.4. The number of hydrogen-bond donors (Lipinski definition) is 1. The standard InChI is InChI=1S/C14H14ClN3O/c15-11-5-3-10(4-6-11)12-8-17(9-13(16)19)14-2-1-7-18(12)14/h3-6,8H,1-2,7,9H2,(H-,16,19)/p+1.